The van der Waals surface area contributed by atoms with Crippen LogP contribution < -0.4 is 4.90 Å². The molecule has 2 aromatic rings. The van der Waals surface area contributed by atoms with Gasteiger partial charge < -0.3 is 10.0 Å². The van der Waals surface area contributed by atoms with Gasteiger partial charge in [-0.3, -0.25) is 4.90 Å². The average Bonchev–Trinajstić information content (AvgIpc) is 3.36. The fraction of sp³-hybridized carbons (Fsp3) is 0.500. The topological polar surface area (TPSA) is 26.7 Å². The third kappa shape index (κ3) is 3.28. The number of rotatable bonds is 4. The zero-order chi connectivity index (χ0) is 18.2. The number of benzene rings is 2. The van der Waals surface area contributed by atoms with Crippen molar-refractivity contribution in [1.82, 2.24) is 4.90 Å². The SMILES string of the molecule is OC(CN1CCN(c2ccccc2)CC1)c1c2c(cc3c1CCC3)CCC2. The van der Waals surface area contributed by atoms with Crippen molar-refractivity contribution < 1.29 is 5.11 Å². The number of hydrogen-bond donors (Lipinski definition) is 1. The molecule has 27 heavy (non-hydrogen) atoms. The van der Waals surface area contributed by atoms with E-state index >= 15 is 0 Å². The second-order valence-corrected chi connectivity index (χ2v) is 8.41. The molecule has 3 aliphatic rings. The van der Waals surface area contributed by atoms with Gasteiger partial charge in [-0.05, 0) is 78.5 Å². The maximum atomic E-state index is 11.2. The van der Waals surface area contributed by atoms with E-state index in [0.29, 0.717) is 0 Å². The van der Waals surface area contributed by atoms with E-state index in [4.69, 9.17) is 0 Å². The molecule has 2 aromatic carbocycles. The van der Waals surface area contributed by atoms with Gasteiger partial charge in [0, 0.05) is 38.4 Å². The van der Waals surface area contributed by atoms with Gasteiger partial charge in [0.1, 0.15) is 0 Å². The number of nitrogens with zero attached hydrogens (tertiary/aromatic N) is 2. The quantitative estimate of drug-likeness (QED) is 0.901. The zero-order valence-electron chi connectivity index (χ0n) is 16.2. The fourth-order valence-electron chi connectivity index (χ4n) is 5.43. The Hall–Kier alpha value is -1.84. The molecule has 0 amide bonds. The van der Waals surface area contributed by atoms with Gasteiger partial charge in [0.05, 0.1) is 6.10 Å². The minimum atomic E-state index is -0.326. The number of hydrogen-bond acceptors (Lipinski definition) is 3. The molecule has 1 aliphatic heterocycles. The molecule has 0 saturated carbocycles. The first-order chi connectivity index (χ1) is 13.3. The van der Waals surface area contributed by atoms with E-state index in [1.807, 2.05) is 0 Å². The van der Waals surface area contributed by atoms with Gasteiger partial charge in [-0.1, -0.05) is 24.3 Å². The molecule has 142 valence electrons. The molecule has 0 radical (unpaired) electrons. The predicted molar refractivity (Wildman–Crippen MR) is 111 cm³/mol. The van der Waals surface area contributed by atoms with Crippen LogP contribution in [-0.2, 0) is 25.7 Å². The molecule has 3 nitrogen and oxygen atoms in total. The Morgan fingerprint density at radius 3 is 2.07 bits per heavy atom. The van der Waals surface area contributed by atoms with E-state index in [9.17, 15) is 5.11 Å². The van der Waals surface area contributed by atoms with Crippen molar-refractivity contribution in [2.75, 3.05) is 37.6 Å². The van der Waals surface area contributed by atoms with Crippen LogP contribution >= 0.6 is 0 Å². The third-order valence-electron chi connectivity index (χ3n) is 6.78. The second kappa shape index (κ2) is 7.29. The van der Waals surface area contributed by atoms with Gasteiger partial charge in [0.25, 0.3) is 0 Å². The number of aryl methyl sites for hydroxylation is 2. The van der Waals surface area contributed by atoms with Gasteiger partial charge in [-0.15, -0.1) is 0 Å². The molecule has 3 heteroatoms. The highest BCUT2D eigenvalue weighted by Gasteiger charge is 2.29. The maximum absolute atomic E-state index is 11.2. The molecule has 1 saturated heterocycles. The molecule has 1 N–H and O–H groups in total. The van der Waals surface area contributed by atoms with Crippen molar-refractivity contribution in [2.24, 2.45) is 0 Å². The summed E-state index contributed by atoms with van der Waals surface area (Å²) < 4.78 is 0. The number of fused-ring (bicyclic) bond motifs is 2. The van der Waals surface area contributed by atoms with Crippen LogP contribution in [0.4, 0.5) is 5.69 Å². The Balaban J connectivity index is 1.29. The number of para-hydroxylation sites is 1. The first-order valence-corrected chi connectivity index (χ1v) is 10.7. The van der Waals surface area contributed by atoms with E-state index in [-0.39, 0.29) is 6.10 Å². The summed E-state index contributed by atoms with van der Waals surface area (Å²) in [5.41, 5.74) is 8.67. The summed E-state index contributed by atoms with van der Waals surface area (Å²) in [6, 6.07) is 13.2. The van der Waals surface area contributed by atoms with Crippen molar-refractivity contribution >= 4 is 5.69 Å². The normalized spacial score (nSPS) is 20.6. The van der Waals surface area contributed by atoms with Crippen LogP contribution in [0.3, 0.4) is 0 Å². The fourth-order valence-corrected chi connectivity index (χ4v) is 5.43. The minimum absolute atomic E-state index is 0.326. The molecule has 1 unspecified atom stereocenters. The minimum Gasteiger partial charge on any atom is -0.387 e. The average molecular weight is 363 g/mol. The lowest BCUT2D eigenvalue weighted by atomic mass is 9.90. The lowest BCUT2D eigenvalue weighted by Crippen LogP contribution is -2.47. The van der Waals surface area contributed by atoms with Crippen molar-refractivity contribution in [1.29, 1.82) is 0 Å². The standard InChI is InChI=1S/C24H30N2O/c27-23(17-25-12-14-26(15-13-25)20-8-2-1-3-9-20)24-21-10-4-6-18(21)16-19-7-5-11-22(19)24/h1-3,8-9,16,23,27H,4-7,10-15,17H2. The predicted octanol–water partition coefficient (Wildman–Crippen LogP) is 3.52. The highest BCUT2D eigenvalue weighted by atomic mass is 16.3. The Kier molecular flexibility index (Phi) is 4.66. The Bertz CT molecular complexity index is 777. The second-order valence-electron chi connectivity index (χ2n) is 8.41. The number of aliphatic hydroxyl groups is 1. The molecule has 1 heterocycles. The van der Waals surface area contributed by atoms with Crippen LogP contribution in [0.2, 0.25) is 0 Å². The Labute approximate surface area is 162 Å². The van der Waals surface area contributed by atoms with E-state index in [1.165, 1.54) is 59.2 Å². The molecular weight excluding hydrogens is 332 g/mol. The van der Waals surface area contributed by atoms with Crippen LogP contribution in [0.1, 0.15) is 46.8 Å². The van der Waals surface area contributed by atoms with Crippen LogP contribution in [0.5, 0.6) is 0 Å². The molecule has 1 atom stereocenters. The summed E-state index contributed by atoms with van der Waals surface area (Å²) in [4.78, 5) is 4.92. The van der Waals surface area contributed by atoms with Crippen molar-refractivity contribution in [3.8, 4) is 0 Å². The molecule has 0 spiro atoms. The van der Waals surface area contributed by atoms with Gasteiger partial charge in [0.15, 0.2) is 0 Å². The van der Waals surface area contributed by atoms with Crippen LogP contribution in [0, 0.1) is 0 Å². The summed E-state index contributed by atoms with van der Waals surface area (Å²) in [7, 11) is 0. The first-order valence-electron chi connectivity index (χ1n) is 10.7. The van der Waals surface area contributed by atoms with Crippen molar-refractivity contribution in [3.63, 3.8) is 0 Å². The molecular formula is C24H30N2O. The van der Waals surface area contributed by atoms with Gasteiger partial charge in [0.2, 0.25) is 0 Å². The van der Waals surface area contributed by atoms with E-state index in [0.717, 1.165) is 45.6 Å². The third-order valence-corrected chi connectivity index (χ3v) is 6.78. The van der Waals surface area contributed by atoms with Crippen LogP contribution in [0.15, 0.2) is 36.4 Å². The molecule has 0 aromatic heterocycles. The maximum Gasteiger partial charge on any atom is 0.0922 e. The van der Waals surface area contributed by atoms with Crippen molar-refractivity contribution in [3.05, 3.63) is 64.2 Å². The summed E-state index contributed by atoms with van der Waals surface area (Å²) in [6.07, 6.45) is 6.93. The summed E-state index contributed by atoms with van der Waals surface area (Å²) in [5.74, 6) is 0. The zero-order valence-corrected chi connectivity index (χ0v) is 16.2. The summed E-state index contributed by atoms with van der Waals surface area (Å²) >= 11 is 0. The van der Waals surface area contributed by atoms with E-state index in [2.05, 4.69) is 46.2 Å². The molecule has 0 bridgehead atoms. The Morgan fingerprint density at radius 2 is 1.44 bits per heavy atom. The number of aliphatic hydroxyl groups excluding tert-OH is 1. The number of β-amino-alcohol motifs (C(OH)–C–C–N with tert-alkyl or cyclic N) is 1. The Morgan fingerprint density at radius 1 is 0.815 bits per heavy atom. The van der Waals surface area contributed by atoms with Gasteiger partial charge >= 0.3 is 0 Å². The highest BCUT2D eigenvalue weighted by molar-refractivity contribution is 5.51. The molecule has 1 fully saturated rings. The summed E-state index contributed by atoms with van der Waals surface area (Å²) in [5, 5.41) is 11.2. The largest absolute Gasteiger partial charge is 0.387 e. The lowest BCUT2D eigenvalue weighted by molar-refractivity contribution is 0.108. The number of piperazine rings is 1. The van der Waals surface area contributed by atoms with E-state index < -0.39 is 0 Å². The first kappa shape index (κ1) is 17.3. The summed E-state index contributed by atoms with van der Waals surface area (Å²) in [6.45, 7) is 4.93. The smallest absolute Gasteiger partial charge is 0.0922 e. The van der Waals surface area contributed by atoms with Gasteiger partial charge in [-0.2, -0.15) is 0 Å². The lowest BCUT2D eigenvalue weighted by Gasteiger charge is -2.37. The van der Waals surface area contributed by atoms with Crippen LogP contribution in [0.25, 0.3) is 0 Å². The highest BCUT2D eigenvalue weighted by Crippen LogP contribution is 2.38. The van der Waals surface area contributed by atoms with E-state index in [1.54, 1.807) is 0 Å². The van der Waals surface area contributed by atoms with Crippen LogP contribution in [-0.4, -0.2) is 42.7 Å². The molecule has 2 aliphatic carbocycles. The molecule has 5 rings (SSSR count). The number of anilines is 1. The van der Waals surface area contributed by atoms with Crippen molar-refractivity contribution in [2.45, 2.75) is 44.6 Å². The van der Waals surface area contributed by atoms with Gasteiger partial charge in [-0.25, -0.2) is 0 Å². The monoisotopic (exact) mass is 362 g/mol.